The number of likely N-dealkylation sites (tertiary alicyclic amines) is 1. The van der Waals surface area contributed by atoms with Crippen molar-refractivity contribution in [2.24, 2.45) is 11.8 Å². The highest BCUT2D eigenvalue weighted by Gasteiger charge is 2.53. The lowest BCUT2D eigenvalue weighted by molar-refractivity contribution is -0.187. The number of carbonyl (C=O) groups excluding carboxylic acids is 2. The van der Waals surface area contributed by atoms with Crippen LogP contribution in [0.15, 0.2) is 18.2 Å². The van der Waals surface area contributed by atoms with Crippen molar-refractivity contribution in [2.45, 2.75) is 13.1 Å². The third kappa shape index (κ3) is 4.06. The van der Waals surface area contributed by atoms with Crippen LogP contribution in [0.1, 0.15) is 15.9 Å². The maximum absolute atomic E-state index is 13.0. The van der Waals surface area contributed by atoms with Gasteiger partial charge in [-0.1, -0.05) is 6.07 Å². The normalized spacial score (nSPS) is 20.0. The zero-order chi connectivity index (χ0) is 19.6. The molecule has 0 saturated carbocycles. The van der Waals surface area contributed by atoms with E-state index in [0.29, 0.717) is 5.56 Å². The van der Waals surface area contributed by atoms with Crippen LogP contribution in [0.2, 0.25) is 0 Å². The van der Waals surface area contributed by atoms with Gasteiger partial charge in [0, 0.05) is 18.8 Å². The quantitative estimate of drug-likeness (QED) is 0.793. The first-order valence-electron chi connectivity index (χ1n) is 7.59. The molecule has 0 radical (unpaired) electrons. The largest absolute Gasteiger partial charge is 0.481 e. The first-order valence-corrected chi connectivity index (χ1v) is 7.59. The summed E-state index contributed by atoms with van der Waals surface area (Å²) in [5.74, 6) is -6.08. The van der Waals surface area contributed by atoms with Gasteiger partial charge in [-0.2, -0.15) is 13.2 Å². The summed E-state index contributed by atoms with van der Waals surface area (Å²) in [4.78, 5) is 35.8. The number of esters is 1. The topological polar surface area (TPSA) is 95.9 Å². The van der Waals surface area contributed by atoms with Crippen molar-refractivity contribution in [3.05, 3.63) is 29.3 Å². The molecule has 2 N–H and O–H groups in total. The predicted octanol–water partition coefficient (Wildman–Crippen LogP) is 2.51. The number of carboxylic acid groups (broad SMARTS) is 1. The summed E-state index contributed by atoms with van der Waals surface area (Å²) in [5, 5.41) is 11.4. The Morgan fingerprint density at radius 3 is 2.42 bits per heavy atom. The number of aliphatic carboxylic acids is 1. The maximum Gasteiger partial charge on any atom is 0.394 e. The van der Waals surface area contributed by atoms with Crippen molar-refractivity contribution < 1.29 is 37.4 Å². The number of methoxy groups -OCH3 is 1. The molecule has 2 atom stereocenters. The van der Waals surface area contributed by atoms with E-state index in [9.17, 15) is 27.6 Å². The highest BCUT2D eigenvalue weighted by Crippen LogP contribution is 2.37. The number of urea groups is 1. The number of aryl methyl sites for hydroxylation is 1. The lowest BCUT2D eigenvalue weighted by atomic mass is 9.96. The Kier molecular flexibility index (Phi) is 5.43. The van der Waals surface area contributed by atoms with Gasteiger partial charge in [0.05, 0.1) is 24.5 Å². The van der Waals surface area contributed by atoms with Gasteiger partial charge in [-0.25, -0.2) is 9.59 Å². The Morgan fingerprint density at radius 1 is 1.27 bits per heavy atom. The van der Waals surface area contributed by atoms with Gasteiger partial charge in [0.1, 0.15) is 0 Å². The van der Waals surface area contributed by atoms with E-state index in [0.717, 1.165) is 4.90 Å². The lowest BCUT2D eigenvalue weighted by Crippen LogP contribution is -2.35. The van der Waals surface area contributed by atoms with Gasteiger partial charge in [-0.15, -0.1) is 0 Å². The number of carboxylic acids is 1. The van der Waals surface area contributed by atoms with Crippen molar-refractivity contribution in [3.8, 4) is 0 Å². The molecule has 0 spiro atoms. The average Bonchev–Trinajstić information content (AvgIpc) is 3.02. The van der Waals surface area contributed by atoms with Crippen molar-refractivity contribution in [1.29, 1.82) is 0 Å². The van der Waals surface area contributed by atoms with Gasteiger partial charge >= 0.3 is 24.1 Å². The fourth-order valence-corrected chi connectivity index (χ4v) is 2.78. The van der Waals surface area contributed by atoms with E-state index in [1.165, 1.54) is 19.2 Å². The van der Waals surface area contributed by atoms with Gasteiger partial charge in [0.25, 0.3) is 0 Å². The fourth-order valence-electron chi connectivity index (χ4n) is 2.78. The molecule has 1 heterocycles. The average molecular weight is 374 g/mol. The number of rotatable bonds is 3. The summed E-state index contributed by atoms with van der Waals surface area (Å²) in [6, 6.07) is 3.49. The number of anilines is 1. The van der Waals surface area contributed by atoms with Crippen molar-refractivity contribution in [1.82, 2.24) is 4.90 Å². The molecular formula is C16H17F3N2O5. The van der Waals surface area contributed by atoms with E-state index >= 15 is 0 Å². The maximum atomic E-state index is 13.0. The molecule has 0 aromatic heterocycles. The molecule has 0 bridgehead atoms. The number of halogens is 3. The van der Waals surface area contributed by atoms with Gasteiger partial charge in [0.2, 0.25) is 0 Å². The van der Waals surface area contributed by atoms with Crippen LogP contribution in [0.3, 0.4) is 0 Å². The number of nitrogens with one attached hydrogen (secondary N) is 1. The van der Waals surface area contributed by atoms with E-state index in [1.54, 1.807) is 13.0 Å². The molecule has 0 aliphatic carbocycles. The van der Waals surface area contributed by atoms with Crippen LogP contribution in [0.5, 0.6) is 0 Å². The van der Waals surface area contributed by atoms with Crippen molar-refractivity contribution in [2.75, 3.05) is 25.5 Å². The number of carbonyl (C=O) groups is 3. The molecule has 0 unspecified atom stereocenters. The van der Waals surface area contributed by atoms with E-state index in [4.69, 9.17) is 5.11 Å². The van der Waals surface area contributed by atoms with E-state index in [-0.39, 0.29) is 11.3 Å². The molecule has 1 aliphatic rings. The Bertz CT molecular complexity index is 735. The number of alkyl halides is 3. The highest BCUT2D eigenvalue weighted by molar-refractivity contribution is 5.95. The van der Waals surface area contributed by atoms with E-state index < -0.39 is 49.1 Å². The number of ether oxygens (including phenoxy) is 1. The minimum Gasteiger partial charge on any atom is -0.481 e. The number of amides is 2. The summed E-state index contributed by atoms with van der Waals surface area (Å²) >= 11 is 0. The third-order valence-corrected chi connectivity index (χ3v) is 4.24. The second-order valence-electron chi connectivity index (χ2n) is 5.95. The lowest BCUT2D eigenvalue weighted by Gasteiger charge is -2.19. The molecule has 7 nitrogen and oxygen atoms in total. The van der Waals surface area contributed by atoms with Crippen molar-refractivity contribution >= 4 is 23.7 Å². The third-order valence-electron chi connectivity index (χ3n) is 4.24. The van der Waals surface area contributed by atoms with E-state index in [2.05, 4.69) is 10.1 Å². The second kappa shape index (κ2) is 7.22. The Balaban J connectivity index is 2.16. The van der Waals surface area contributed by atoms with E-state index in [1.807, 2.05) is 0 Å². The molecule has 1 aliphatic heterocycles. The molecule has 10 heteroatoms. The predicted molar refractivity (Wildman–Crippen MR) is 83.8 cm³/mol. The van der Waals surface area contributed by atoms with Crippen LogP contribution in [-0.2, 0) is 9.53 Å². The molecule has 1 aromatic rings. The van der Waals surface area contributed by atoms with Crippen LogP contribution in [0.25, 0.3) is 0 Å². The first-order chi connectivity index (χ1) is 12.0. The Labute approximate surface area is 146 Å². The van der Waals surface area contributed by atoms with Crippen LogP contribution < -0.4 is 5.32 Å². The van der Waals surface area contributed by atoms with Crippen LogP contribution in [0, 0.1) is 18.8 Å². The van der Waals surface area contributed by atoms with Gasteiger partial charge in [-0.05, 0) is 24.6 Å². The summed E-state index contributed by atoms with van der Waals surface area (Å²) in [6.07, 6.45) is -4.72. The number of benzene rings is 1. The Hall–Kier alpha value is -2.78. The van der Waals surface area contributed by atoms with Gasteiger partial charge in [-0.3, -0.25) is 4.79 Å². The highest BCUT2D eigenvalue weighted by atomic mass is 19.4. The SMILES string of the molecule is COC(=O)c1cc(NC(=O)N2C[C@@H](C(F)(F)F)[C@H](C(=O)O)C2)ccc1C. The molecule has 1 aromatic carbocycles. The zero-order valence-electron chi connectivity index (χ0n) is 14.0. The minimum atomic E-state index is -4.72. The molecule has 26 heavy (non-hydrogen) atoms. The molecule has 1 fully saturated rings. The Morgan fingerprint density at radius 2 is 1.92 bits per heavy atom. The number of hydrogen-bond acceptors (Lipinski definition) is 4. The molecule has 2 rings (SSSR count). The van der Waals surface area contributed by atoms with Crippen LogP contribution in [-0.4, -0.2) is 54.4 Å². The number of hydrogen-bond donors (Lipinski definition) is 2. The first kappa shape index (κ1) is 19.5. The molecule has 2 amide bonds. The zero-order valence-corrected chi connectivity index (χ0v) is 14.0. The standard InChI is InChI=1S/C16H17F3N2O5/c1-8-3-4-9(5-10(8)14(24)26-2)20-15(25)21-6-11(13(22)23)12(7-21)16(17,18)19/h3-5,11-12H,6-7H2,1-2H3,(H,20,25)(H,22,23)/t11-,12-/m1/s1. The van der Waals surface area contributed by atoms with Crippen molar-refractivity contribution in [3.63, 3.8) is 0 Å². The smallest absolute Gasteiger partial charge is 0.394 e. The number of nitrogens with zero attached hydrogens (tertiary/aromatic N) is 1. The van der Waals surface area contributed by atoms with Crippen LogP contribution in [0.4, 0.5) is 23.7 Å². The second-order valence-corrected chi connectivity index (χ2v) is 5.95. The molecule has 142 valence electrons. The monoisotopic (exact) mass is 374 g/mol. The summed E-state index contributed by atoms with van der Waals surface area (Å²) in [7, 11) is 1.20. The van der Waals surface area contributed by atoms with Gasteiger partial charge in [0.15, 0.2) is 0 Å². The summed E-state index contributed by atoms with van der Waals surface area (Å²) in [6.45, 7) is 0.354. The minimum absolute atomic E-state index is 0.184. The summed E-state index contributed by atoms with van der Waals surface area (Å²) in [5.41, 5.74) is 0.978. The molecular weight excluding hydrogens is 357 g/mol. The van der Waals surface area contributed by atoms with Crippen LogP contribution >= 0.6 is 0 Å². The molecule has 1 saturated heterocycles. The fraction of sp³-hybridized carbons (Fsp3) is 0.438. The van der Waals surface area contributed by atoms with Gasteiger partial charge < -0.3 is 20.1 Å². The summed E-state index contributed by atoms with van der Waals surface area (Å²) < 4.78 is 43.6.